The van der Waals surface area contributed by atoms with Crippen molar-refractivity contribution in [3.05, 3.63) is 29.3 Å². The van der Waals surface area contributed by atoms with E-state index in [2.05, 4.69) is 10.0 Å². The number of piperazine rings is 1. The van der Waals surface area contributed by atoms with Gasteiger partial charge in [-0.05, 0) is 24.1 Å². The number of nitrogens with zero attached hydrogens (tertiary/aromatic N) is 1. The summed E-state index contributed by atoms with van der Waals surface area (Å²) in [5, 5.41) is 3.24. The van der Waals surface area contributed by atoms with Crippen LogP contribution in [0.15, 0.2) is 18.2 Å². The number of nitrogens with one attached hydrogen (secondary N) is 2. The van der Waals surface area contributed by atoms with Crippen LogP contribution in [0.2, 0.25) is 0 Å². The molecule has 0 amide bonds. The summed E-state index contributed by atoms with van der Waals surface area (Å²) < 4.78 is 17.0. The van der Waals surface area contributed by atoms with Gasteiger partial charge in [0.25, 0.3) is 0 Å². The highest BCUT2D eigenvalue weighted by Gasteiger charge is 2.21. The highest BCUT2D eigenvalue weighted by molar-refractivity contribution is 7.87. The van der Waals surface area contributed by atoms with E-state index in [9.17, 15) is 4.55 Å². The average Bonchev–Trinajstić information content (AvgIpc) is 2.41. The van der Waals surface area contributed by atoms with Crippen molar-refractivity contribution in [3.63, 3.8) is 0 Å². The highest BCUT2D eigenvalue weighted by atomic mass is 32.2. The van der Waals surface area contributed by atoms with E-state index in [0.29, 0.717) is 6.54 Å². The molecule has 5 nitrogen and oxygen atoms in total. The van der Waals surface area contributed by atoms with E-state index in [4.69, 9.17) is 5.73 Å². The molecule has 6 heteroatoms. The van der Waals surface area contributed by atoms with Gasteiger partial charge in [0.05, 0.1) is 19.6 Å². The number of hydrogen-bond donors (Lipinski definition) is 3. The molecular weight excluding hydrogens is 248 g/mol. The Hall–Kier alpha value is -0.790. The predicted octanol–water partition coefficient (Wildman–Crippen LogP) is 0.151. The molecule has 0 radical (unpaired) electrons. The molecule has 1 aliphatic rings. The number of hydrogen-bond acceptors (Lipinski definition) is 5. The first kappa shape index (κ1) is 13.6. The summed E-state index contributed by atoms with van der Waals surface area (Å²) in [4.78, 5) is 0. The van der Waals surface area contributed by atoms with Gasteiger partial charge in [0, 0.05) is 18.8 Å². The van der Waals surface area contributed by atoms with E-state index >= 15 is 0 Å². The van der Waals surface area contributed by atoms with Crippen LogP contribution in [0.25, 0.3) is 0 Å². The number of benzene rings is 1. The first-order chi connectivity index (χ1) is 8.66. The second kappa shape index (κ2) is 6.40. The van der Waals surface area contributed by atoms with Crippen LogP contribution in [0.1, 0.15) is 11.1 Å². The number of nitrogen functional groups attached to an aromatic ring is 1. The fourth-order valence-electron chi connectivity index (χ4n) is 1.89. The van der Waals surface area contributed by atoms with E-state index in [1.54, 1.807) is 0 Å². The first-order valence-electron chi connectivity index (χ1n) is 6.13. The van der Waals surface area contributed by atoms with Crippen molar-refractivity contribution in [2.45, 2.75) is 13.5 Å². The second-order valence-corrected chi connectivity index (χ2v) is 5.74. The van der Waals surface area contributed by atoms with Gasteiger partial charge in [-0.25, -0.2) is 0 Å². The zero-order valence-electron chi connectivity index (χ0n) is 10.6. The standard InChI is InChI=1S/C12H20N4OS/c1-10-8-11(2-3-12(10)13)9-15-18(17)16-6-4-14-5-7-16/h2-3,8,14-15H,4-7,9,13H2,1H3. The molecule has 1 fully saturated rings. The Kier molecular flexibility index (Phi) is 4.85. The van der Waals surface area contributed by atoms with E-state index in [-0.39, 0.29) is 0 Å². The monoisotopic (exact) mass is 268 g/mol. The zero-order chi connectivity index (χ0) is 13.0. The van der Waals surface area contributed by atoms with Gasteiger partial charge in [0.15, 0.2) is 0 Å². The lowest BCUT2D eigenvalue weighted by molar-refractivity contribution is 0.354. The fraction of sp³-hybridized carbons (Fsp3) is 0.500. The van der Waals surface area contributed by atoms with Gasteiger partial charge in [0.1, 0.15) is 11.5 Å². The third-order valence-electron chi connectivity index (χ3n) is 3.04. The molecule has 18 heavy (non-hydrogen) atoms. The van der Waals surface area contributed by atoms with Gasteiger partial charge >= 0.3 is 0 Å². The quantitative estimate of drug-likeness (QED) is 0.535. The molecule has 2 rings (SSSR count). The Balaban J connectivity index is 1.84. The molecule has 0 saturated carbocycles. The molecule has 0 aliphatic carbocycles. The highest BCUT2D eigenvalue weighted by Crippen LogP contribution is 2.13. The van der Waals surface area contributed by atoms with Crippen LogP contribution in [-0.2, 0) is 18.1 Å². The van der Waals surface area contributed by atoms with E-state index in [0.717, 1.165) is 43.0 Å². The Morgan fingerprint density at radius 2 is 2.17 bits per heavy atom. The van der Waals surface area contributed by atoms with Crippen LogP contribution in [0.3, 0.4) is 0 Å². The minimum atomic E-state index is -1.11. The summed E-state index contributed by atoms with van der Waals surface area (Å²) >= 11 is -1.11. The van der Waals surface area contributed by atoms with Crippen LogP contribution >= 0.6 is 0 Å². The summed E-state index contributed by atoms with van der Waals surface area (Å²) in [5.41, 5.74) is 8.72. The first-order valence-corrected chi connectivity index (χ1v) is 7.23. The van der Waals surface area contributed by atoms with E-state index in [1.807, 2.05) is 29.4 Å². The Morgan fingerprint density at radius 3 is 2.83 bits per heavy atom. The summed E-state index contributed by atoms with van der Waals surface area (Å²) in [5.74, 6) is 0. The van der Waals surface area contributed by atoms with Gasteiger partial charge in [-0.1, -0.05) is 12.1 Å². The van der Waals surface area contributed by atoms with Crippen LogP contribution in [-0.4, -0.2) is 35.0 Å². The van der Waals surface area contributed by atoms with Gasteiger partial charge in [0.2, 0.25) is 0 Å². The van der Waals surface area contributed by atoms with Crippen molar-refractivity contribution in [1.82, 2.24) is 14.3 Å². The van der Waals surface area contributed by atoms with Crippen LogP contribution in [0, 0.1) is 6.92 Å². The van der Waals surface area contributed by atoms with Crippen LogP contribution < -0.4 is 15.8 Å². The summed E-state index contributed by atoms with van der Waals surface area (Å²) in [7, 11) is 0. The molecule has 1 unspecified atom stereocenters. The molecule has 1 saturated heterocycles. The Labute approximate surface area is 111 Å². The molecule has 0 spiro atoms. The SMILES string of the molecule is Cc1cc(CN[S+]([O-])N2CCNCC2)ccc1N. The number of aryl methyl sites for hydroxylation is 1. The minimum absolute atomic E-state index is 0.595. The van der Waals surface area contributed by atoms with Gasteiger partial charge < -0.3 is 15.6 Å². The van der Waals surface area contributed by atoms with Crippen molar-refractivity contribution in [2.24, 2.45) is 0 Å². The van der Waals surface area contributed by atoms with Crippen LogP contribution in [0.5, 0.6) is 0 Å². The van der Waals surface area contributed by atoms with E-state index in [1.165, 1.54) is 0 Å². The molecule has 1 aromatic rings. The molecule has 1 aromatic carbocycles. The minimum Gasteiger partial charge on any atom is -0.579 e. The molecule has 0 aromatic heterocycles. The summed E-state index contributed by atoms with van der Waals surface area (Å²) in [6.07, 6.45) is 0. The average molecular weight is 268 g/mol. The van der Waals surface area contributed by atoms with Crippen molar-refractivity contribution < 1.29 is 4.55 Å². The molecule has 1 atom stereocenters. The number of anilines is 1. The van der Waals surface area contributed by atoms with Gasteiger partial charge in [-0.15, -0.1) is 9.03 Å². The largest absolute Gasteiger partial charge is 0.579 e. The molecular formula is C12H20N4OS. The van der Waals surface area contributed by atoms with Gasteiger partial charge in [-0.3, -0.25) is 0 Å². The number of rotatable bonds is 4. The lowest BCUT2D eigenvalue weighted by atomic mass is 10.1. The third kappa shape index (κ3) is 3.60. The number of nitrogens with two attached hydrogens (primary N) is 1. The molecule has 1 heterocycles. The van der Waals surface area contributed by atoms with E-state index < -0.39 is 11.5 Å². The second-order valence-electron chi connectivity index (χ2n) is 4.44. The third-order valence-corrected chi connectivity index (χ3v) is 4.27. The predicted molar refractivity (Wildman–Crippen MR) is 75.0 cm³/mol. The molecule has 1 aliphatic heterocycles. The maximum atomic E-state index is 12.0. The normalized spacial score (nSPS) is 18.8. The van der Waals surface area contributed by atoms with Crippen LogP contribution in [0.4, 0.5) is 5.69 Å². The maximum Gasteiger partial charge on any atom is 0.138 e. The van der Waals surface area contributed by atoms with Crippen molar-refractivity contribution in [2.75, 3.05) is 31.9 Å². The Morgan fingerprint density at radius 1 is 1.44 bits per heavy atom. The molecule has 100 valence electrons. The van der Waals surface area contributed by atoms with Gasteiger partial charge in [-0.2, -0.15) is 0 Å². The topological polar surface area (TPSA) is 76.4 Å². The fourth-order valence-corrected chi connectivity index (χ4v) is 2.88. The molecule has 4 N–H and O–H groups in total. The summed E-state index contributed by atoms with van der Waals surface area (Å²) in [6, 6.07) is 5.88. The maximum absolute atomic E-state index is 12.0. The Bertz CT molecular complexity index is 396. The van der Waals surface area contributed by atoms with Crippen molar-refractivity contribution in [1.29, 1.82) is 0 Å². The smallest absolute Gasteiger partial charge is 0.138 e. The van der Waals surface area contributed by atoms with Crippen molar-refractivity contribution in [3.8, 4) is 0 Å². The lowest BCUT2D eigenvalue weighted by Gasteiger charge is -2.27. The zero-order valence-corrected chi connectivity index (χ0v) is 11.4. The lowest BCUT2D eigenvalue weighted by Crippen LogP contribution is -2.50. The van der Waals surface area contributed by atoms with Crippen molar-refractivity contribution >= 4 is 17.2 Å². The molecule has 0 bridgehead atoms. The summed E-state index contributed by atoms with van der Waals surface area (Å²) in [6.45, 7) is 6.01.